The van der Waals surface area contributed by atoms with Gasteiger partial charge in [-0.25, -0.2) is 0 Å². The van der Waals surface area contributed by atoms with Crippen molar-refractivity contribution in [3.05, 3.63) is 28.2 Å². The van der Waals surface area contributed by atoms with Gasteiger partial charge in [-0.15, -0.1) is 0 Å². The van der Waals surface area contributed by atoms with E-state index in [4.69, 9.17) is 4.74 Å². The fraction of sp³-hybridized carbons (Fsp3) is 0.667. The molecule has 1 fully saturated rings. The second kappa shape index (κ2) is 9.19. The molecule has 21 heavy (non-hydrogen) atoms. The van der Waals surface area contributed by atoms with Crippen molar-refractivity contribution in [2.24, 2.45) is 5.92 Å². The van der Waals surface area contributed by atoms with Gasteiger partial charge in [-0.05, 0) is 58.8 Å². The van der Waals surface area contributed by atoms with E-state index in [0.29, 0.717) is 4.83 Å². The fourth-order valence-corrected chi connectivity index (χ4v) is 4.39. The van der Waals surface area contributed by atoms with E-state index in [9.17, 15) is 0 Å². The Balaban J connectivity index is 2.03. The maximum Gasteiger partial charge on any atom is 0.133 e. The van der Waals surface area contributed by atoms with Gasteiger partial charge in [0, 0.05) is 4.83 Å². The van der Waals surface area contributed by atoms with E-state index in [2.05, 4.69) is 57.0 Å². The van der Waals surface area contributed by atoms with E-state index in [1.54, 1.807) is 0 Å². The second-order valence-electron chi connectivity index (χ2n) is 6.05. The number of alkyl halides is 1. The number of benzene rings is 1. The highest BCUT2D eigenvalue weighted by molar-refractivity contribution is 9.10. The molecule has 0 heterocycles. The quantitative estimate of drug-likeness (QED) is 0.467. The lowest BCUT2D eigenvalue weighted by Gasteiger charge is -2.25. The van der Waals surface area contributed by atoms with E-state index < -0.39 is 0 Å². The van der Waals surface area contributed by atoms with Crippen LogP contribution in [0.2, 0.25) is 0 Å². The van der Waals surface area contributed by atoms with Gasteiger partial charge in [0.05, 0.1) is 11.1 Å². The van der Waals surface area contributed by atoms with Crippen molar-refractivity contribution in [3.63, 3.8) is 0 Å². The van der Waals surface area contributed by atoms with Crippen molar-refractivity contribution in [1.82, 2.24) is 0 Å². The van der Waals surface area contributed by atoms with Gasteiger partial charge in [-0.1, -0.05) is 61.0 Å². The Hall–Kier alpha value is -0.0200. The van der Waals surface area contributed by atoms with Crippen molar-refractivity contribution in [2.45, 2.75) is 63.1 Å². The molecular weight excluding hydrogens is 392 g/mol. The van der Waals surface area contributed by atoms with Gasteiger partial charge in [0.2, 0.25) is 0 Å². The smallest absolute Gasteiger partial charge is 0.133 e. The molecule has 0 saturated heterocycles. The Kier molecular flexibility index (Phi) is 7.59. The van der Waals surface area contributed by atoms with Gasteiger partial charge in [-0.3, -0.25) is 0 Å². The molecule has 1 nitrogen and oxygen atoms in total. The van der Waals surface area contributed by atoms with Gasteiger partial charge in [0.15, 0.2) is 0 Å². The Labute approximate surface area is 146 Å². The molecule has 3 heteroatoms. The Morgan fingerprint density at radius 3 is 2.43 bits per heavy atom. The highest BCUT2D eigenvalue weighted by atomic mass is 79.9. The van der Waals surface area contributed by atoms with Crippen LogP contribution < -0.4 is 4.74 Å². The van der Waals surface area contributed by atoms with Gasteiger partial charge in [-0.2, -0.15) is 0 Å². The number of rotatable bonds is 5. The topological polar surface area (TPSA) is 9.23 Å². The molecule has 0 N–H and O–H groups in total. The van der Waals surface area contributed by atoms with Gasteiger partial charge >= 0.3 is 0 Å². The first kappa shape index (κ1) is 17.3. The molecule has 1 aliphatic carbocycles. The third-order valence-corrected chi connectivity index (χ3v) is 6.20. The lowest BCUT2D eigenvalue weighted by atomic mass is 9.86. The largest absolute Gasteiger partial charge is 0.492 e. The summed E-state index contributed by atoms with van der Waals surface area (Å²) in [7, 11) is 0. The summed E-state index contributed by atoms with van der Waals surface area (Å²) in [5, 5.41) is 0. The van der Waals surface area contributed by atoms with Crippen molar-refractivity contribution < 1.29 is 4.74 Å². The van der Waals surface area contributed by atoms with Crippen LogP contribution in [-0.2, 0) is 0 Å². The molecule has 0 radical (unpaired) electrons. The summed E-state index contributed by atoms with van der Waals surface area (Å²) in [5.74, 6) is 1.72. The predicted octanol–water partition coefficient (Wildman–Crippen LogP) is 7.03. The maximum absolute atomic E-state index is 5.74. The lowest BCUT2D eigenvalue weighted by molar-refractivity contribution is 0.315. The van der Waals surface area contributed by atoms with Gasteiger partial charge in [0.1, 0.15) is 5.75 Å². The van der Waals surface area contributed by atoms with Crippen molar-refractivity contribution in [2.75, 3.05) is 6.61 Å². The third kappa shape index (κ3) is 5.28. The molecule has 1 aromatic carbocycles. The zero-order chi connectivity index (χ0) is 15.1. The molecule has 0 aliphatic heterocycles. The van der Waals surface area contributed by atoms with Crippen LogP contribution in [-0.4, -0.2) is 6.61 Å². The molecule has 2 rings (SSSR count). The van der Waals surface area contributed by atoms with Crippen molar-refractivity contribution >= 4 is 31.9 Å². The summed E-state index contributed by atoms with van der Waals surface area (Å²) in [5.41, 5.74) is 1.37. The minimum Gasteiger partial charge on any atom is -0.492 e. The highest BCUT2D eigenvalue weighted by Crippen LogP contribution is 2.40. The Morgan fingerprint density at radius 2 is 1.81 bits per heavy atom. The zero-order valence-corrected chi connectivity index (χ0v) is 16.1. The first-order valence-corrected chi connectivity index (χ1v) is 9.99. The summed E-state index contributed by atoms with van der Waals surface area (Å²) in [6, 6.07) is 6.55. The minimum atomic E-state index is 0.465. The van der Waals surface area contributed by atoms with Crippen molar-refractivity contribution in [3.8, 4) is 5.75 Å². The first-order chi connectivity index (χ1) is 10.2. The molecule has 1 atom stereocenters. The van der Waals surface area contributed by atoms with E-state index in [1.807, 2.05) is 0 Å². The predicted molar refractivity (Wildman–Crippen MR) is 97.4 cm³/mol. The zero-order valence-electron chi connectivity index (χ0n) is 12.9. The Bertz CT molecular complexity index is 425. The molecule has 0 spiro atoms. The molecule has 118 valence electrons. The summed E-state index contributed by atoms with van der Waals surface area (Å²) in [6.45, 7) is 2.91. The summed E-state index contributed by atoms with van der Waals surface area (Å²) in [6.07, 6.45) is 10.7. The van der Waals surface area contributed by atoms with Crippen LogP contribution >= 0.6 is 31.9 Å². The number of hydrogen-bond acceptors (Lipinski definition) is 1. The lowest BCUT2D eigenvalue weighted by Crippen LogP contribution is -2.10. The number of halogens is 2. The fourth-order valence-electron chi connectivity index (χ4n) is 3.07. The Morgan fingerprint density at radius 1 is 1.14 bits per heavy atom. The number of ether oxygens (including phenoxy) is 1. The van der Waals surface area contributed by atoms with Gasteiger partial charge in [0.25, 0.3) is 0 Å². The standard InChI is InChI=1S/C18H26Br2O/c1-2-12-21-17-11-10-15(13-16(17)19)18(20)14-8-6-4-3-5-7-9-14/h10-11,13-14,18H,2-9,12H2,1H3. The monoisotopic (exact) mass is 416 g/mol. The first-order valence-electron chi connectivity index (χ1n) is 8.28. The van der Waals surface area contributed by atoms with E-state index in [0.717, 1.165) is 29.2 Å². The third-order valence-electron chi connectivity index (χ3n) is 4.30. The summed E-state index contributed by atoms with van der Waals surface area (Å²) >= 11 is 7.61. The van der Waals surface area contributed by atoms with E-state index in [-0.39, 0.29) is 0 Å². The summed E-state index contributed by atoms with van der Waals surface area (Å²) < 4.78 is 6.81. The number of hydrogen-bond donors (Lipinski definition) is 0. The SMILES string of the molecule is CCCOc1ccc(C(Br)C2CCCCCCC2)cc1Br. The minimum absolute atomic E-state index is 0.465. The average Bonchev–Trinajstić information content (AvgIpc) is 2.45. The van der Waals surface area contributed by atoms with Crippen LogP contribution in [0.25, 0.3) is 0 Å². The van der Waals surface area contributed by atoms with E-state index >= 15 is 0 Å². The highest BCUT2D eigenvalue weighted by Gasteiger charge is 2.22. The average molecular weight is 418 g/mol. The molecule has 1 aliphatic rings. The van der Waals surface area contributed by atoms with Crippen LogP contribution in [0.3, 0.4) is 0 Å². The van der Waals surface area contributed by atoms with Crippen LogP contribution in [0.5, 0.6) is 5.75 Å². The van der Waals surface area contributed by atoms with Crippen LogP contribution in [0.15, 0.2) is 22.7 Å². The second-order valence-corrected chi connectivity index (χ2v) is 7.89. The normalized spacial score (nSPS) is 18.8. The van der Waals surface area contributed by atoms with Crippen molar-refractivity contribution in [1.29, 1.82) is 0 Å². The van der Waals surface area contributed by atoms with Crippen LogP contribution in [0.4, 0.5) is 0 Å². The maximum atomic E-state index is 5.74. The van der Waals surface area contributed by atoms with Gasteiger partial charge < -0.3 is 4.74 Å². The molecular formula is C18H26Br2O. The molecule has 0 bridgehead atoms. The molecule has 1 unspecified atom stereocenters. The van der Waals surface area contributed by atoms with Crippen LogP contribution in [0, 0.1) is 5.92 Å². The summed E-state index contributed by atoms with van der Waals surface area (Å²) in [4.78, 5) is 0.465. The molecule has 1 saturated carbocycles. The molecule has 0 aromatic heterocycles. The van der Waals surface area contributed by atoms with Crippen LogP contribution in [0.1, 0.15) is 68.7 Å². The molecule has 1 aromatic rings. The molecule has 0 amide bonds. The van der Waals surface area contributed by atoms with E-state index in [1.165, 1.54) is 50.5 Å².